The van der Waals surface area contributed by atoms with Crippen LogP contribution in [0.25, 0.3) is 10.8 Å². The number of hydrogen-bond donors (Lipinski definition) is 3. The first kappa shape index (κ1) is 19.9. The Kier molecular flexibility index (Phi) is 7.68. The Bertz CT molecular complexity index is 700. The highest BCUT2D eigenvalue weighted by molar-refractivity contribution is 6.03. The average Bonchev–Trinajstić information content (AvgIpc) is 2.58. The summed E-state index contributed by atoms with van der Waals surface area (Å²) < 4.78 is 0. The van der Waals surface area contributed by atoms with E-state index in [2.05, 4.69) is 10.6 Å². The summed E-state index contributed by atoms with van der Waals surface area (Å²) in [6.07, 6.45) is 0.816. The second kappa shape index (κ2) is 9.25. The van der Waals surface area contributed by atoms with Gasteiger partial charge in [-0.2, -0.15) is 0 Å². The van der Waals surface area contributed by atoms with Gasteiger partial charge in [0.05, 0.1) is 12.6 Å². The van der Waals surface area contributed by atoms with Crippen molar-refractivity contribution in [3.05, 3.63) is 42.5 Å². The van der Waals surface area contributed by atoms with Crippen molar-refractivity contribution in [2.45, 2.75) is 26.3 Å². The first-order chi connectivity index (χ1) is 11.0. The number of fused-ring (bicyclic) bond motifs is 1. The van der Waals surface area contributed by atoms with Crippen LogP contribution in [0.4, 0.5) is 5.69 Å². The van der Waals surface area contributed by atoms with Gasteiger partial charge in [0.15, 0.2) is 0 Å². The smallest absolute Gasteiger partial charge is 0.243 e. The highest BCUT2D eigenvalue weighted by Gasteiger charge is 2.19. The molecule has 0 aromatic heterocycles. The Balaban J connectivity index is 0.00000288. The highest BCUT2D eigenvalue weighted by atomic mass is 35.5. The van der Waals surface area contributed by atoms with Crippen molar-refractivity contribution in [3.63, 3.8) is 0 Å². The summed E-state index contributed by atoms with van der Waals surface area (Å²) in [4.78, 5) is 24.0. The molecule has 2 amide bonds. The van der Waals surface area contributed by atoms with Crippen LogP contribution in [-0.2, 0) is 9.59 Å². The van der Waals surface area contributed by atoms with Gasteiger partial charge in [-0.15, -0.1) is 12.4 Å². The van der Waals surface area contributed by atoms with Crippen LogP contribution < -0.4 is 16.4 Å². The van der Waals surface area contributed by atoms with Gasteiger partial charge in [0.2, 0.25) is 11.8 Å². The number of amides is 2. The van der Waals surface area contributed by atoms with Crippen LogP contribution in [0.3, 0.4) is 0 Å². The van der Waals surface area contributed by atoms with Crippen LogP contribution >= 0.6 is 12.4 Å². The summed E-state index contributed by atoms with van der Waals surface area (Å²) in [6.45, 7) is 3.80. The van der Waals surface area contributed by atoms with Crippen LogP contribution in [-0.4, -0.2) is 24.4 Å². The zero-order chi connectivity index (χ0) is 16.8. The fourth-order valence-corrected chi connectivity index (χ4v) is 2.33. The molecule has 24 heavy (non-hydrogen) atoms. The summed E-state index contributed by atoms with van der Waals surface area (Å²) in [5.74, 6) is -0.491. The third kappa shape index (κ3) is 4.94. The van der Waals surface area contributed by atoms with Gasteiger partial charge in [-0.05, 0) is 17.4 Å². The Labute approximate surface area is 148 Å². The number of nitrogens with one attached hydrogen (secondary N) is 2. The molecule has 2 unspecified atom stereocenters. The van der Waals surface area contributed by atoms with E-state index < -0.39 is 6.04 Å². The van der Waals surface area contributed by atoms with E-state index in [9.17, 15) is 9.59 Å². The number of nitrogens with two attached hydrogens (primary N) is 1. The Morgan fingerprint density at radius 3 is 2.50 bits per heavy atom. The molecule has 0 saturated carbocycles. The third-order valence-electron chi connectivity index (χ3n) is 4.05. The fourth-order valence-electron chi connectivity index (χ4n) is 2.33. The van der Waals surface area contributed by atoms with Gasteiger partial charge in [0, 0.05) is 11.1 Å². The second-order valence-electron chi connectivity index (χ2n) is 5.70. The molecule has 2 aromatic rings. The molecule has 0 bridgehead atoms. The first-order valence-corrected chi connectivity index (χ1v) is 7.83. The second-order valence-corrected chi connectivity index (χ2v) is 5.70. The zero-order valence-corrected chi connectivity index (χ0v) is 14.7. The molecule has 4 N–H and O–H groups in total. The minimum Gasteiger partial charge on any atom is -0.346 e. The van der Waals surface area contributed by atoms with Crippen LogP contribution in [0, 0.1) is 5.92 Å². The molecular formula is C18H24ClN3O2. The number of rotatable bonds is 6. The van der Waals surface area contributed by atoms with E-state index in [1.165, 1.54) is 0 Å². The van der Waals surface area contributed by atoms with Crippen molar-refractivity contribution in [2.24, 2.45) is 11.7 Å². The maximum Gasteiger partial charge on any atom is 0.243 e. The van der Waals surface area contributed by atoms with Crippen LogP contribution in [0.5, 0.6) is 0 Å². The van der Waals surface area contributed by atoms with E-state index in [0.29, 0.717) is 0 Å². The number of carbonyl (C=O) groups is 2. The van der Waals surface area contributed by atoms with Crippen molar-refractivity contribution in [3.8, 4) is 0 Å². The standard InChI is InChI=1S/C18H23N3O2.ClH/c1-3-12(2)17(19)18(23)20-11-16(22)21-15-10-6-8-13-7-4-5-9-14(13)15;/h4-10,12,17H,3,11,19H2,1-2H3,(H,20,23)(H,21,22);1H. The predicted octanol–water partition coefficient (Wildman–Crippen LogP) is 2.69. The Hall–Kier alpha value is -2.11. The lowest BCUT2D eigenvalue weighted by atomic mass is 9.99. The molecule has 2 atom stereocenters. The van der Waals surface area contributed by atoms with Gasteiger partial charge in [-0.3, -0.25) is 9.59 Å². The van der Waals surface area contributed by atoms with Gasteiger partial charge >= 0.3 is 0 Å². The van der Waals surface area contributed by atoms with Crippen molar-refractivity contribution in [1.29, 1.82) is 0 Å². The monoisotopic (exact) mass is 349 g/mol. The van der Waals surface area contributed by atoms with E-state index in [4.69, 9.17) is 5.73 Å². The number of benzene rings is 2. The minimum atomic E-state index is -0.592. The van der Waals surface area contributed by atoms with E-state index in [1.54, 1.807) is 0 Å². The zero-order valence-electron chi connectivity index (χ0n) is 13.9. The normalized spacial score (nSPS) is 12.8. The summed E-state index contributed by atoms with van der Waals surface area (Å²) in [5, 5.41) is 7.43. The number of anilines is 1. The van der Waals surface area contributed by atoms with Crippen molar-refractivity contribution < 1.29 is 9.59 Å². The summed E-state index contributed by atoms with van der Waals surface area (Å²) in [7, 11) is 0. The Morgan fingerprint density at radius 1 is 1.12 bits per heavy atom. The summed E-state index contributed by atoms with van der Waals surface area (Å²) >= 11 is 0. The summed E-state index contributed by atoms with van der Waals surface area (Å²) in [6, 6.07) is 12.9. The van der Waals surface area contributed by atoms with Crippen LogP contribution in [0.15, 0.2) is 42.5 Å². The fraction of sp³-hybridized carbons (Fsp3) is 0.333. The highest BCUT2D eigenvalue weighted by Crippen LogP contribution is 2.22. The van der Waals surface area contributed by atoms with E-state index in [-0.39, 0.29) is 36.7 Å². The Morgan fingerprint density at radius 2 is 1.79 bits per heavy atom. The lowest BCUT2D eigenvalue weighted by Gasteiger charge is -2.17. The maximum absolute atomic E-state index is 12.1. The SMILES string of the molecule is CCC(C)C(N)C(=O)NCC(=O)Nc1cccc2ccccc12.Cl. The molecule has 130 valence electrons. The summed E-state index contributed by atoms with van der Waals surface area (Å²) in [5.41, 5.74) is 6.57. The lowest BCUT2D eigenvalue weighted by Crippen LogP contribution is -2.46. The van der Waals surface area contributed by atoms with E-state index in [1.807, 2.05) is 56.3 Å². The van der Waals surface area contributed by atoms with E-state index >= 15 is 0 Å². The van der Waals surface area contributed by atoms with Gasteiger partial charge in [0.1, 0.15) is 0 Å². The molecule has 6 heteroatoms. The molecule has 5 nitrogen and oxygen atoms in total. The lowest BCUT2D eigenvalue weighted by molar-refractivity contribution is -0.125. The molecule has 0 heterocycles. The number of carbonyl (C=O) groups excluding carboxylic acids is 2. The number of hydrogen-bond acceptors (Lipinski definition) is 3. The van der Waals surface area contributed by atoms with Gasteiger partial charge in [-0.1, -0.05) is 56.7 Å². The molecule has 0 fully saturated rings. The quantitative estimate of drug-likeness (QED) is 0.749. The van der Waals surface area contributed by atoms with Gasteiger partial charge < -0.3 is 16.4 Å². The van der Waals surface area contributed by atoms with Crippen molar-refractivity contribution in [1.82, 2.24) is 5.32 Å². The van der Waals surface area contributed by atoms with Gasteiger partial charge in [-0.25, -0.2) is 0 Å². The van der Waals surface area contributed by atoms with Crippen molar-refractivity contribution in [2.75, 3.05) is 11.9 Å². The third-order valence-corrected chi connectivity index (χ3v) is 4.05. The van der Waals surface area contributed by atoms with Crippen LogP contribution in [0.1, 0.15) is 20.3 Å². The predicted molar refractivity (Wildman–Crippen MR) is 100 cm³/mol. The number of halogens is 1. The van der Waals surface area contributed by atoms with Crippen molar-refractivity contribution >= 4 is 40.7 Å². The molecule has 2 aromatic carbocycles. The molecule has 0 spiro atoms. The first-order valence-electron chi connectivity index (χ1n) is 7.83. The molecular weight excluding hydrogens is 326 g/mol. The van der Waals surface area contributed by atoms with E-state index in [0.717, 1.165) is 22.9 Å². The minimum absolute atomic E-state index is 0. The topological polar surface area (TPSA) is 84.2 Å². The molecule has 0 aliphatic carbocycles. The molecule has 0 aliphatic heterocycles. The average molecular weight is 350 g/mol. The molecule has 2 rings (SSSR count). The maximum atomic E-state index is 12.1. The molecule has 0 saturated heterocycles. The molecule has 0 aliphatic rings. The van der Waals surface area contributed by atoms with Gasteiger partial charge in [0.25, 0.3) is 0 Å². The van der Waals surface area contributed by atoms with Crippen LogP contribution in [0.2, 0.25) is 0 Å². The largest absolute Gasteiger partial charge is 0.346 e. The molecule has 0 radical (unpaired) electrons.